The summed E-state index contributed by atoms with van der Waals surface area (Å²) >= 11 is 0. The smallest absolute Gasteiger partial charge is 0.242 e. The molecular weight excluding hydrogens is 434 g/mol. The summed E-state index contributed by atoms with van der Waals surface area (Å²) in [6, 6.07) is 23.7. The lowest BCUT2D eigenvalue weighted by Crippen LogP contribution is -2.35. The SMILES string of the molecule is CNC(C)C(=O)Nc1ccc(-c2c(C)nc3ccccn23)c(C#Cc2ccc3ccccc3c2)n1. The number of fused-ring (bicyclic) bond motifs is 2. The number of imidazole rings is 1. The van der Waals surface area contributed by atoms with Crippen LogP contribution in [0.5, 0.6) is 0 Å². The minimum atomic E-state index is -0.343. The maximum absolute atomic E-state index is 12.4. The Labute approximate surface area is 204 Å². The number of benzene rings is 2. The van der Waals surface area contributed by atoms with Crippen LogP contribution in [-0.2, 0) is 4.79 Å². The first-order valence-electron chi connectivity index (χ1n) is 11.5. The summed E-state index contributed by atoms with van der Waals surface area (Å²) in [6.07, 6.45) is 1.98. The number of rotatable bonds is 4. The van der Waals surface area contributed by atoms with Crippen LogP contribution in [0.3, 0.4) is 0 Å². The Kier molecular flexibility index (Phi) is 6.01. The lowest BCUT2D eigenvalue weighted by atomic mass is 10.1. The summed E-state index contributed by atoms with van der Waals surface area (Å²) in [5.74, 6) is 6.83. The second-order valence-electron chi connectivity index (χ2n) is 8.38. The van der Waals surface area contributed by atoms with E-state index in [9.17, 15) is 4.79 Å². The molecule has 0 aliphatic rings. The highest BCUT2D eigenvalue weighted by molar-refractivity contribution is 5.94. The number of hydrogen-bond donors (Lipinski definition) is 2. The summed E-state index contributed by atoms with van der Waals surface area (Å²) in [4.78, 5) is 21.9. The van der Waals surface area contributed by atoms with Crippen molar-refractivity contribution in [3.63, 3.8) is 0 Å². The van der Waals surface area contributed by atoms with Crippen molar-refractivity contribution in [2.75, 3.05) is 12.4 Å². The predicted molar refractivity (Wildman–Crippen MR) is 140 cm³/mol. The molecule has 1 unspecified atom stereocenters. The standard InChI is InChI=1S/C29H25N5O/c1-19-28(34-17-7-6-10-27(34)31-19)24-14-16-26(33-29(35)20(2)30-3)32-25(24)15-12-21-11-13-22-8-4-5-9-23(22)18-21/h4-11,13-14,16-18,20,30H,1-3H3,(H,32,33,35). The number of amides is 1. The fraction of sp³-hybridized carbons (Fsp3) is 0.138. The molecule has 0 saturated heterocycles. The highest BCUT2D eigenvalue weighted by Crippen LogP contribution is 2.28. The van der Waals surface area contributed by atoms with Gasteiger partial charge in [-0.15, -0.1) is 0 Å². The average molecular weight is 460 g/mol. The summed E-state index contributed by atoms with van der Waals surface area (Å²) < 4.78 is 2.04. The van der Waals surface area contributed by atoms with Gasteiger partial charge in [-0.3, -0.25) is 9.20 Å². The van der Waals surface area contributed by atoms with Crippen molar-refractivity contribution in [3.05, 3.63) is 95.9 Å². The molecule has 0 aliphatic carbocycles. The maximum Gasteiger partial charge on any atom is 0.242 e. The van der Waals surface area contributed by atoms with Gasteiger partial charge in [-0.05, 0) is 74.0 Å². The zero-order chi connectivity index (χ0) is 24.4. The molecule has 0 spiro atoms. The number of likely N-dealkylation sites (N-methyl/N-ethyl adjacent to an activating group) is 1. The van der Waals surface area contributed by atoms with Gasteiger partial charge in [-0.1, -0.05) is 42.3 Å². The predicted octanol–water partition coefficient (Wildman–Crippen LogP) is 4.80. The Morgan fingerprint density at radius 3 is 2.57 bits per heavy atom. The zero-order valence-electron chi connectivity index (χ0n) is 19.8. The average Bonchev–Trinajstić information content (AvgIpc) is 3.22. The molecule has 35 heavy (non-hydrogen) atoms. The molecule has 2 N–H and O–H groups in total. The number of aryl methyl sites for hydroxylation is 1. The lowest BCUT2D eigenvalue weighted by Gasteiger charge is -2.12. The molecule has 1 amide bonds. The van der Waals surface area contributed by atoms with E-state index in [1.54, 1.807) is 20.0 Å². The second kappa shape index (κ2) is 9.41. The van der Waals surface area contributed by atoms with E-state index in [1.807, 2.05) is 60.0 Å². The van der Waals surface area contributed by atoms with Gasteiger partial charge in [0.2, 0.25) is 5.91 Å². The number of nitrogens with one attached hydrogen (secondary N) is 2. The van der Waals surface area contributed by atoms with E-state index >= 15 is 0 Å². The van der Waals surface area contributed by atoms with Crippen molar-refractivity contribution in [1.29, 1.82) is 0 Å². The number of carbonyl (C=O) groups excluding carboxylic acids is 1. The minimum absolute atomic E-state index is 0.160. The molecule has 0 fully saturated rings. The fourth-order valence-electron chi connectivity index (χ4n) is 4.02. The van der Waals surface area contributed by atoms with E-state index in [0.717, 1.165) is 33.5 Å². The summed E-state index contributed by atoms with van der Waals surface area (Å²) in [5.41, 5.74) is 4.99. The Hall–Kier alpha value is -4.47. The highest BCUT2D eigenvalue weighted by atomic mass is 16.2. The van der Waals surface area contributed by atoms with Crippen molar-refractivity contribution in [2.24, 2.45) is 0 Å². The Balaban J connectivity index is 1.62. The third kappa shape index (κ3) is 4.50. The van der Waals surface area contributed by atoms with Gasteiger partial charge in [-0.2, -0.15) is 0 Å². The summed E-state index contributed by atoms with van der Waals surface area (Å²) in [7, 11) is 1.74. The van der Waals surface area contributed by atoms with Gasteiger partial charge in [-0.25, -0.2) is 9.97 Å². The molecule has 5 aromatic rings. The van der Waals surface area contributed by atoms with Gasteiger partial charge >= 0.3 is 0 Å². The first-order valence-corrected chi connectivity index (χ1v) is 11.5. The van der Waals surface area contributed by atoms with Crippen LogP contribution in [-0.4, -0.2) is 33.4 Å². The van der Waals surface area contributed by atoms with E-state index in [0.29, 0.717) is 11.5 Å². The molecule has 5 rings (SSSR count). The van der Waals surface area contributed by atoms with E-state index in [4.69, 9.17) is 9.97 Å². The second-order valence-corrected chi connectivity index (χ2v) is 8.38. The van der Waals surface area contributed by atoms with Crippen LogP contribution < -0.4 is 10.6 Å². The quantitative estimate of drug-likeness (QED) is 0.379. The van der Waals surface area contributed by atoms with Gasteiger partial charge in [0.15, 0.2) is 0 Å². The number of anilines is 1. The molecule has 0 saturated carbocycles. The third-order valence-corrected chi connectivity index (χ3v) is 6.01. The lowest BCUT2D eigenvalue weighted by molar-refractivity contribution is -0.117. The van der Waals surface area contributed by atoms with Crippen molar-refractivity contribution in [1.82, 2.24) is 19.7 Å². The molecule has 6 nitrogen and oxygen atoms in total. The van der Waals surface area contributed by atoms with Gasteiger partial charge in [0, 0.05) is 17.3 Å². The molecule has 2 aromatic carbocycles. The van der Waals surface area contributed by atoms with Gasteiger partial charge < -0.3 is 10.6 Å². The number of pyridine rings is 2. The molecule has 0 aliphatic heterocycles. The molecule has 0 radical (unpaired) electrons. The maximum atomic E-state index is 12.4. The highest BCUT2D eigenvalue weighted by Gasteiger charge is 2.17. The van der Waals surface area contributed by atoms with Crippen molar-refractivity contribution < 1.29 is 4.79 Å². The van der Waals surface area contributed by atoms with Crippen LogP contribution in [0.1, 0.15) is 23.9 Å². The van der Waals surface area contributed by atoms with E-state index in [1.165, 1.54) is 5.39 Å². The van der Waals surface area contributed by atoms with Crippen LogP contribution in [0.4, 0.5) is 5.82 Å². The van der Waals surface area contributed by atoms with Crippen LogP contribution in [0.2, 0.25) is 0 Å². The molecule has 0 bridgehead atoms. The Morgan fingerprint density at radius 2 is 1.74 bits per heavy atom. The number of hydrogen-bond acceptors (Lipinski definition) is 4. The molecule has 172 valence electrons. The van der Waals surface area contributed by atoms with Crippen LogP contribution in [0.25, 0.3) is 27.7 Å². The van der Waals surface area contributed by atoms with Crippen molar-refractivity contribution in [2.45, 2.75) is 19.9 Å². The van der Waals surface area contributed by atoms with Gasteiger partial charge in [0.25, 0.3) is 0 Å². The summed E-state index contributed by atoms with van der Waals surface area (Å²) in [5, 5.41) is 8.12. The fourth-order valence-corrected chi connectivity index (χ4v) is 4.02. The molecule has 3 aromatic heterocycles. The number of carbonyl (C=O) groups is 1. The molecule has 3 heterocycles. The Morgan fingerprint density at radius 1 is 0.943 bits per heavy atom. The van der Waals surface area contributed by atoms with Crippen LogP contribution in [0.15, 0.2) is 79.0 Å². The zero-order valence-corrected chi connectivity index (χ0v) is 19.8. The molecular formula is C29H25N5O. The third-order valence-electron chi connectivity index (χ3n) is 6.01. The van der Waals surface area contributed by atoms with Gasteiger partial charge in [0.05, 0.1) is 17.4 Å². The normalized spacial score (nSPS) is 11.7. The van der Waals surface area contributed by atoms with E-state index < -0.39 is 0 Å². The van der Waals surface area contributed by atoms with Crippen molar-refractivity contribution >= 4 is 28.1 Å². The van der Waals surface area contributed by atoms with E-state index in [-0.39, 0.29) is 11.9 Å². The van der Waals surface area contributed by atoms with Crippen LogP contribution >= 0.6 is 0 Å². The Bertz CT molecular complexity index is 1620. The topological polar surface area (TPSA) is 71.3 Å². The van der Waals surface area contributed by atoms with Gasteiger partial charge in [0.1, 0.15) is 17.2 Å². The summed E-state index contributed by atoms with van der Waals surface area (Å²) in [6.45, 7) is 3.78. The largest absolute Gasteiger partial charge is 0.309 e. The van der Waals surface area contributed by atoms with Crippen LogP contribution in [0, 0.1) is 18.8 Å². The number of aromatic nitrogens is 3. The van der Waals surface area contributed by atoms with E-state index in [2.05, 4.69) is 46.7 Å². The molecule has 6 heteroatoms. The monoisotopic (exact) mass is 459 g/mol. The van der Waals surface area contributed by atoms with Crippen molar-refractivity contribution in [3.8, 4) is 23.1 Å². The number of nitrogens with zero attached hydrogens (tertiary/aromatic N) is 3. The minimum Gasteiger partial charge on any atom is -0.309 e. The molecule has 1 atom stereocenters. The first kappa shape index (κ1) is 22.3. The first-order chi connectivity index (χ1) is 17.0.